The number of nitrogen functional groups attached to an aromatic ring is 1. The summed E-state index contributed by atoms with van der Waals surface area (Å²) in [5, 5.41) is 0.364. The van der Waals surface area contributed by atoms with Gasteiger partial charge in [-0.3, -0.25) is 14.2 Å². The van der Waals surface area contributed by atoms with Crippen LogP contribution in [-0.4, -0.2) is 27.9 Å². The standard InChI is InChI=1S/C15H17N3O3S/c1-3-21-14(20)9-22-15-17-13(19)8-12(16)18(15)11-6-4-5-10(2)7-11/h4-8H,3,9,16H2,1-2H3. The number of carbonyl (C=O) groups excluding carboxylic acids is 1. The zero-order valence-electron chi connectivity index (χ0n) is 12.4. The Bertz CT molecular complexity index is 743. The van der Waals surface area contributed by atoms with Crippen molar-refractivity contribution in [1.82, 2.24) is 9.55 Å². The Balaban J connectivity index is 2.40. The summed E-state index contributed by atoms with van der Waals surface area (Å²) in [4.78, 5) is 27.1. The fourth-order valence-corrected chi connectivity index (χ4v) is 2.75. The lowest BCUT2D eigenvalue weighted by Crippen LogP contribution is -2.18. The van der Waals surface area contributed by atoms with E-state index in [9.17, 15) is 9.59 Å². The summed E-state index contributed by atoms with van der Waals surface area (Å²) in [6.07, 6.45) is 0. The highest BCUT2D eigenvalue weighted by atomic mass is 32.2. The second-order valence-corrected chi connectivity index (χ2v) is 5.51. The predicted octanol–water partition coefficient (Wildman–Crippen LogP) is 1.78. The van der Waals surface area contributed by atoms with Crippen molar-refractivity contribution in [2.75, 3.05) is 18.1 Å². The van der Waals surface area contributed by atoms with Crippen LogP contribution >= 0.6 is 11.8 Å². The van der Waals surface area contributed by atoms with Gasteiger partial charge in [-0.1, -0.05) is 23.9 Å². The second kappa shape index (κ2) is 7.13. The van der Waals surface area contributed by atoms with E-state index >= 15 is 0 Å². The van der Waals surface area contributed by atoms with Crippen LogP contribution in [-0.2, 0) is 9.53 Å². The van der Waals surface area contributed by atoms with E-state index in [0.29, 0.717) is 11.8 Å². The minimum Gasteiger partial charge on any atom is -0.465 e. The number of rotatable bonds is 5. The topological polar surface area (TPSA) is 87.2 Å². The van der Waals surface area contributed by atoms with Gasteiger partial charge in [0.05, 0.1) is 12.4 Å². The molecule has 0 amide bonds. The van der Waals surface area contributed by atoms with Gasteiger partial charge in [-0.05, 0) is 31.5 Å². The Morgan fingerprint density at radius 1 is 1.41 bits per heavy atom. The van der Waals surface area contributed by atoms with Crippen LogP contribution in [0.4, 0.5) is 5.82 Å². The number of aromatic nitrogens is 2. The van der Waals surface area contributed by atoms with E-state index in [1.54, 1.807) is 11.5 Å². The molecule has 2 N–H and O–H groups in total. The highest BCUT2D eigenvalue weighted by molar-refractivity contribution is 7.99. The molecule has 0 saturated heterocycles. The number of thioether (sulfide) groups is 1. The van der Waals surface area contributed by atoms with Crippen LogP contribution in [0.5, 0.6) is 0 Å². The Hall–Kier alpha value is -2.28. The minimum atomic E-state index is -0.437. The number of hydrogen-bond donors (Lipinski definition) is 1. The summed E-state index contributed by atoms with van der Waals surface area (Å²) < 4.78 is 6.53. The second-order valence-electron chi connectivity index (χ2n) is 4.57. The molecule has 6 nitrogen and oxygen atoms in total. The maximum Gasteiger partial charge on any atom is 0.316 e. The van der Waals surface area contributed by atoms with E-state index in [4.69, 9.17) is 10.5 Å². The molecule has 2 rings (SSSR count). The molecule has 0 saturated carbocycles. The highest BCUT2D eigenvalue weighted by Crippen LogP contribution is 2.23. The smallest absolute Gasteiger partial charge is 0.316 e. The summed E-state index contributed by atoms with van der Waals surface area (Å²) in [7, 11) is 0. The van der Waals surface area contributed by atoms with E-state index in [0.717, 1.165) is 23.0 Å². The minimum absolute atomic E-state index is 0.0650. The lowest BCUT2D eigenvalue weighted by atomic mass is 10.2. The van der Waals surface area contributed by atoms with E-state index in [-0.39, 0.29) is 17.5 Å². The van der Waals surface area contributed by atoms with Crippen LogP contribution in [0.15, 0.2) is 40.3 Å². The van der Waals surface area contributed by atoms with Gasteiger partial charge < -0.3 is 10.5 Å². The van der Waals surface area contributed by atoms with Gasteiger partial charge in [-0.2, -0.15) is 4.98 Å². The summed E-state index contributed by atoms with van der Waals surface area (Å²) in [5.74, 6) is -0.0212. The van der Waals surface area contributed by atoms with Gasteiger partial charge in [-0.15, -0.1) is 0 Å². The first-order valence-electron chi connectivity index (χ1n) is 6.76. The molecule has 0 unspecified atom stereocenters. The number of nitrogens with two attached hydrogens (primary N) is 1. The van der Waals surface area contributed by atoms with Crippen molar-refractivity contribution in [3.05, 3.63) is 46.2 Å². The molecule has 7 heteroatoms. The van der Waals surface area contributed by atoms with E-state index in [1.807, 2.05) is 31.2 Å². The van der Waals surface area contributed by atoms with Crippen LogP contribution in [0.2, 0.25) is 0 Å². The van der Waals surface area contributed by atoms with Crippen molar-refractivity contribution in [3.8, 4) is 5.69 Å². The summed E-state index contributed by atoms with van der Waals surface area (Å²) >= 11 is 1.12. The molecule has 0 radical (unpaired) electrons. The first-order chi connectivity index (χ1) is 10.5. The van der Waals surface area contributed by atoms with Gasteiger partial charge in [0.15, 0.2) is 5.16 Å². The molecule has 1 aromatic carbocycles. The number of carbonyl (C=O) groups is 1. The number of ether oxygens (including phenoxy) is 1. The molecule has 1 heterocycles. The first-order valence-corrected chi connectivity index (χ1v) is 7.75. The number of hydrogen-bond acceptors (Lipinski definition) is 6. The van der Waals surface area contributed by atoms with Crippen LogP contribution < -0.4 is 11.3 Å². The molecule has 0 atom stereocenters. The first kappa shape index (κ1) is 16.1. The van der Waals surface area contributed by atoms with Gasteiger partial charge >= 0.3 is 5.97 Å². The fraction of sp³-hybridized carbons (Fsp3) is 0.267. The quantitative estimate of drug-likeness (QED) is 0.513. The lowest BCUT2D eigenvalue weighted by Gasteiger charge is -2.15. The monoisotopic (exact) mass is 319 g/mol. The van der Waals surface area contributed by atoms with Crippen molar-refractivity contribution in [2.45, 2.75) is 19.0 Å². The third kappa shape index (κ3) is 3.88. The zero-order valence-corrected chi connectivity index (χ0v) is 13.2. The molecule has 116 valence electrons. The van der Waals surface area contributed by atoms with Gasteiger partial charge in [-0.25, -0.2) is 0 Å². The van der Waals surface area contributed by atoms with E-state index < -0.39 is 5.56 Å². The molecule has 0 aliphatic carbocycles. The fourth-order valence-electron chi connectivity index (χ4n) is 1.93. The molecule has 22 heavy (non-hydrogen) atoms. The van der Waals surface area contributed by atoms with Crippen LogP contribution in [0.25, 0.3) is 5.69 Å². The Kier molecular flexibility index (Phi) is 5.21. The molecule has 0 fully saturated rings. The molecule has 0 spiro atoms. The maximum absolute atomic E-state index is 11.6. The summed E-state index contributed by atoms with van der Waals surface area (Å²) in [5.41, 5.74) is 7.37. The van der Waals surface area contributed by atoms with Gasteiger partial charge in [0.1, 0.15) is 5.82 Å². The van der Waals surface area contributed by atoms with Crippen molar-refractivity contribution in [3.63, 3.8) is 0 Å². The lowest BCUT2D eigenvalue weighted by molar-refractivity contribution is -0.139. The van der Waals surface area contributed by atoms with Crippen LogP contribution in [0.1, 0.15) is 12.5 Å². The molecular formula is C15H17N3O3S. The molecule has 0 aliphatic heterocycles. The van der Waals surface area contributed by atoms with Crippen molar-refractivity contribution < 1.29 is 9.53 Å². The third-order valence-corrected chi connectivity index (χ3v) is 3.72. The molecule has 1 aromatic heterocycles. The number of aryl methyl sites for hydroxylation is 1. The summed E-state index contributed by atoms with van der Waals surface area (Å²) in [6, 6.07) is 8.90. The zero-order chi connectivity index (χ0) is 16.1. The largest absolute Gasteiger partial charge is 0.465 e. The number of esters is 1. The average molecular weight is 319 g/mol. The number of anilines is 1. The van der Waals surface area contributed by atoms with Gasteiger partial charge in [0, 0.05) is 11.8 Å². The Morgan fingerprint density at radius 2 is 2.18 bits per heavy atom. The van der Waals surface area contributed by atoms with Crippen molar-refractivity contribution in [2.24, 2.45) is 0 Å². The SMILES string of the molecule is CCOC(=O)CSc1nc(=O)cc(N)n1-c1cccc(C)c1. The maximum atomic E-state index is 11.6. The van der Waals surface area contributed by atoms with Gasteiger partial charge in [0.25, 0.3) is 5.56 Å². The normalized spacial score (nSPS) is 10.5. The molecular weight excluding hydrogens is 302 g/mol. The Morgan fingerprint density at radius 3 is 2.86 bits per heavy atom. The van der Waals surface area contributed by atoms with Crippen molar-refractivity contribution >= 4 is 23.5 Å². The molecule has 2 aromatic rings. The van der Waals surface area contributed by atoms with Gasteiger partial charge in [0.2, 0.25) is 0 Å². The van der Waals surface area contributed by atoms with Crippen molar-refractivity contribution in [1.29, 1.82) is 0 Å². The van der Waals surface area contributed by atoms with Crippen LogP contribution in [0, 0.1) is 6.92 Å². The highest BCUT2D eigenvalue weighted by Gasteiger charge is 2.13. The average Bonchev–Trinajstić information content (AvgIpc) is 2.44. The number of benzene rings is 1. The molecule has 0 bridgehead atoms. The van der Waals surface area contributed by atoms with Crippen LogP contribution in [0.3, 0.4) is 0 Å². The summed E-state index contributed by atoms with van der Waals surface area (Å²) in [6.45, 7) is 4.01. The van der Waals surface area contributed by atoms with E-state index in [1.165, 1.54) is 6.07 Å². The Labute approximate surface area is 132 Å². The number of nitrogens with zero attached hydrogens (tertiary/aromatic N) is 2. The molecule has 0 aliphatic rings. The third-order valence-electron chi connectivity index (χ3n) is 2.81. The predicted molar refractivity (Wildman–Crippen MR) is 86.3 cm³/mol. The van der Waals surface area contributed by atoms with E-state index in [2.05, 4.69) is 4.98 Å².